The Labute approximate surface area is 159 Å². The van der Waals surface area contributed by atoms with E-state index in [9.17, 15) is 9.59 Å². The Bertz CT molecular complexity index is 1210. The van der Waals surface area contributed by atoms with Crippen LogP contribution in [0.1, 0.15) is 21.7 Å². The summed E-state index contributed by atoms with van der Waals surface area (Å²) in [5, 5.41) is 9.74. The molecule has 0 aliphatic carbocycles. The zero-order chi connectivity index (χ0) is 19.0. The van der Waals surface area contributed by atoms with Crippen LogP contribution in [0.3, 0.4) is 0 Å². The molecule has 0 fully saturated rings. The Morgan fingerprint density at radius 1 is 1.11 bits per heavy atom. The Kier molecular flexibility index (Phi) is 4.33. The number of rotatable bonds is 4. The highest BCUT2D eigenvalue weighted by atomic mass is 32.1. The van der Waals surface area contributed by atoms with Gasteiger partial charge in [0, 0.05) is 4.88 Å². The van der Waals surface area contributed by atoms with E-state index in [-0.39, 0.29) is 17.7 Å². The maximum atomic E-state index is 13.0. The molecule has 2 aromatic carbocycles. The van der Waals surface area contributed by atoms with Crippen molar-refractivity contribution in [3.8, 4) is 10.4 Å². The predicted octanol–water partition coefficient (Wildman–Crippen LogP) is 4.18. The molecule has 4 rings (SSSR count). The lowest BCUT2D eigenvalue weighted by molar-refractivity contribution is 0.0696. The average molecular weight is 376 g/mol. The third kappa shape index (κ3) is 3.27. The van der Waals surface area contributed by atoms with Crippen LogP contribution in [0.25, 0.3) is 20.7 Å². The van der Waals surface area contributed by atoms with E-state index in [2.05, 4.69) is 4.98 Å². The minimum atomic E-state index is -0.986. The van der Waals surface area contributed by atoms with Crippen LogP contribution < -0.4 is 5.56 Å². The van der Waals surface area contributed by atoms with Gasteiger partial charge in [-0.3, -0.25) is 9.36 Å². The molecule has 1 N–H and O–H groups in total. The number of thiophene rings is 1. The van der Waals surface area contributed by atoms with Crippen LogP contribution in [0.15, 0.2) is 65.5 Å². The van der Waals surface area contributed by atoms with Crippen LogP contribution in [0.2, 0.25) is 0 Å². The maximum Gasteiger partial charge on any atom is 0.335 e. The fraction of sp³-hybridized carbons (Fsp3) is 0.0952. The van der Waals surface area contributed by atoms with E-state index in [1.54, 1.807) is 23.6 Å². The SMILES string of the molecule is Cc1nc2sc(-c3ccccc3)cc2c(=O)n1Cc1cccc(C(=O)O)c1. The molecule has 0 aliphatic heterocycles. The molecule has 0 amide bonds. The molecule has 0 atom stereocenters. The topological polar surface area (TPSA) is 72.2 Å². The standard InChI is InChI=1S/C21H16N2O3S/c1-13-22-19-17(11-18(27-19)15-7-3-2-4-8-15)20(24)23(13)12-14-6-5-9-16(10-14)21(25)26/h2-11H,12H2,1H3,(H,25,26). The van der Waals surface area contributed by atoms with Crippen LogP contribution in [-0.4, -0.2) is 20.6 Å². The molecule has 2 aromatic heterocycles. The highest BCUT2D eigenvalue weighted by Crippen LogP contribution is 2.31. The van der Waals surface area contributed by atoms with Crippen molar-refractivity contribution in [2.24, 2.45) is 0 Å². The van der Waals surface area contributed by atoms with Crippen molar-refractivity contribution in [2.75, 3.05) is 0 Å². The van der Waals surface area contributed by atoms with Crippen molar-refractivity contribution in [3.63, 3.8) is 0 Å². The number of hydrogen-bond donors (Lipinski definition) is 1. The number of nitrogens with zero attached hydrogens (tertiary/aromatic N) is 2. The van der Waals surface area contributed by atoms with Crippen molar-refractivity contribution in [3.05, 3.63) is 88.0 Å². The first-order valence-electron chi connectivity index (χ1n) is 8.41. The summed E-state index contributed by atoms with van der Waals surface area (Å²) in [5.74, 6) is -0.380. The second-order valence-electron chi connectivity index (χ2n) is 6.25. The zero-order valence-electron chi connectivity index (χ0n) is 14.5. The Morgan fingerprint density at radius 2 is 1.89 bits per heavy atom. The van der Waals surface area contributed by atoms with E-state index >= 15 is 0 Å². The second kappa shape index (κ2) is 6.81. The van der Waals surface area contributed by atoms with E-state index in [4.69, 9.17) is 5.11 Å². The first kappa shape index (κ1) is 17.2. The normalized spacial score (nSPS) is 11.0. The van der Waals surface area contributed by atoms with Crippen molar-refractivity contribution in [2.45, 2.75) is 13.5 Å². The van der Waals surface area contributed by atoms with E-state index < -0.39 is 5.97 Å². The zero-order valence-corrected chi connectivity index (χ0v) is 15.4. The minimum absolute atomic E-state index is 0.114. The third-order valence-corrected chi connectivity index (χ3v) is 5.49. The van der Waals surface area contributed by atoms with Crippen molar-refractivity contribution in [1.82, 2.24) is 9.55 Å². The van der Waals surface area contributed by atoms with Gasteiger partial charge in [0.2, 0.25) is 0 Å². The van der Waals surface area contributed by atoms with Crippen molar-refractivity contribution < 1.29 is 9.90 Å². The highest BCUT2D eigenvalue weighted by Gasteiger charge is 2.14. The van der Waals surface area contributed by atoms with Crippen LogP contribution in [0.5, 0.6) is 0 Å². The number of carboxylic acid groups (broad SMARTS) is 1. The molecule has 27 heavy (non-hydrogen) atoms. The summed E-state index contributed by atoms with van der Waals surface area (Å²) in [6.07, 6.45) is 0. The molecule has 2 heterocycles. The average Bonchev–Trinajstić information content (AvgIpc) is 3.10. The summed E-state index contributed by atoms with van der Waals surface area (Å²) < 4.78 is 1.59. The van der Waals surface area contributed by atoms with Gasteiger partial charge in [-0.25, -0.2) is 9.78 Å². The number of hydrogen-bond acceptors (Lipinski definition) is 4. The number of fused-ring (bicyclic) bond motifs is 1. The smallest absolute Gasteiger partial charge is 0.335 e. The van der Waals surface area contributed by atoms with Gasteiger partial charge in [0.15, 0.2) is 0 Å². The first-order valence-corrected chi connectivity index (χ1v) is 9.23. The number of carboxylic acids is 1. The lowest BCUT2D eigenvalue weighted by atomic mass is 10.1. The lowest BCUT2D eigenvalue weighted by Gasteiger charge is -2.10. The quantitative estimate of drug-likeness (QED) is 0.580. The number of carbonyl (C=O) groups is 1. The van der Waals surface area contributed by atoms with Crippen LogP contribution in [0, 0.1) is 6.92 Å². The van der Waals surface area contributed by atoms with Gasteiger partial charge < -0.3 is 5.11 Å². The summed E-state index contributed by atoms with van der Waals surface area (Å²) in [4.78, 5) is 30.5. The van der Waals surface area contributed by atoms with Gasteiger partial charge >= 0.3 is 5.97 Å². The molecule has 4 aromatic rings. The summed E-state index contributed by atoms with van der Waals surface area (Å²) in [6, 6.07) is 18.4. The fourth-order valence-corrected chi connectivity index (χ4v) is 4.11. The fourth-order valence-electron chi connectivity index (χ4n) is 3.03. The molecule has 0 radical (unpaired) electrons. The Morgan fingerprint density at radius 3 is 2.63 bits per heavy atom. The summed E-state index contributed by atoms with van der Waals surface area (Å²) >= 11 is 1.50. The van der Waals surface area contributed by atoms with Crippen LogP contribution in [-0.2, 0) is 6.54 Å². The second-order valence-corrected chi connectivity index (χ2v) is 7.28. The predicted molar refractivity (Wildman–Crippen MR) is 107 cm³/mol. The van der Waals surface area contributed by atoms with Gasteiger partial charge in [0.25, 0.3) is 5.56 Å². The summed E-state index contributed by atoms with van der Waals surface area (Å²) in [5.41, 5.74) is 1.89. The molecule has 0 saturated carbocycles. The largest absolute Gasteiger partial charge is 0.478 e. The summed E-state index contributed by atoms with van der Waals surface area (Å²) in [6.45, 7) is 2.08. The van der Waals surface area contributed by atoms with E-state index in [0.29, 0.717) is 16.0 Å². The van der Waals surface area contributed by atoms with Gasteiger partial charge in [-0.05, 0) is 36.2 Å². The molecular formula is C21H16N2O3S. The molecule has 0 unspecified atom stereocenters. The molecular weight excluding hydrogens is 360 g/mol. The number of aromatic carboxylic acids is 1. The van der Waals surface area contributed by atoms with Crippen LogP contribution in [0.4, 0.5) is 0 Å². The van der Waals surface area contributed by atoms with E-state index in [1.165, 1.54) is 17.4 Å². The monoisotopic (exact) mass is 376 g/mol. The molecule has 5 nitrogen and oxygen atoms in total. The maximum absolute atomic E-state index is 13.0. The van der Waals surface area contributed by atoms with E-state index in [0.717, 1.165) is 16.0 Å². The number of benzene rings is 2. The molecule has 134 valence electrons. The van der Waals surface area contributed by atoms with E-state index in [1.807, 2.05) is 42.5 Å². The Balaban J connectivity index is 1.79. The molecule has 0 saturated heterocycles. The van der Waals surface area contributed by atoms with Crippen molar-refractivity contribution >= 4 is 27.5 Å². The van der Waals surface area contributed by atoms with Gasteiger partial charge in [-0.1, -0.05) is 42.5 Å². The number of aryl methyl sites for hydroxylation is 1. The minimum Gasteiger partial charge on any atom is -0.478 e. The summed E-state index contributed by atoms with van der Waals surface area (Å²) in [7, 11) is 0. The van der Waals surface area contributed by atoms with Gasteiger partial charge in [-0.2, -0.15) is 0 Å². The Hall–Kier alpha value is -3.25. The molecule has 0 spiro atoms. The third-order valence-electron chi connectivity index (χ3n) is 4.41. The van der Waals surface area contributed by atoms with Gasteiger partial charge in [0.1, 0.15) is 10.7 Å². The van der Waals surface area contributed by atoms with Crippen LogP contribution >= 0.6 is 11.3 Å². The van der Waals surface area contributed by atoms with Gasteiger partial charge in [-0.15, -0.1) is 11.3 Å². The molecule has 6 heteroatoms. The first-order chi connectivity index (χ1) is 13.0. The highest BCUT2D eigenvalue weighted by molar-refractivity contribution is 7.21. The molecule has 0 aliphatic rings. The van der Waals surface area contributed by atoms with Gasteiger partial charge in [0.05, 0.1) is 17.5 Å². The lowest BCUT2D eigenvalue weighted by Crippen LogP contribution is -2.24. The molecule has 0 bridgehead atoms. The van der Waals surface area contributed by atoms with Crippen molar-refractivity contribution in [1.29, 1.82) is 0 Å². The number of aromatic nitrogens is 2.